The zero-order chi connectivity index (χ0) is 16.4. The first-order valence-electron chi connectivity index (χ1n) is 8.07. The standard InChI is InChI=1S/C16H22N2O3S2/c1-12-10-16(19)17-14-11-13(6-7-15(14)22-12)23(20,21)18-8-4-2-3-5-9-18/h6-7,11-12H,2-5,8-10H2,1H3,(H,17,19). The highest BCUT2D eigenvalue weighted by Gasteiger charge is 2.27. The lowest BCUT2D eigenvalue weighted by atomic mass is 10.2. The van der Waals surface area contributed by atoms with Crippen molar-refractivity contribution in [2.75, 3.05) is 18.4 Å². The quantitative estimate of drug-likeness (QED) is 0.886. The molecule has 1 N–H and O–H groups in total. The lowest BCUT2D eigenvalue weighted by Gasteiger charge is -2.20. The molecule has 0 aromatic heterocycles. The van der Waals surface area contributed by atoms with E-state index in [1.807, 2.05) is 13.0 Å². The zero-order valence-electron chi connectivity index (χ0n) is 13.2. The first-order chi connectivity index (χ1) is 11.0. The summed E-state index contributed by atoms with van der Waals surface area (Å²) in [5.41, 5.74) is 0.611. The minimum Gasteiger partial charge on any atom is -0.325 e. The number of sulfonamides is 1. The molecule has 0 spiro atoms. The van der Waals surface area contributed by atoms with Gasteiger partial charge in [0.05, 0.1) is 10.6 Å². The predicted molar refractivity (Wildman–Crippen MR) is 92.2 cm³/mol. The Kier molecular flexibility index (Phi) is 4.98. The molecule has 0 saturated carbocycles. The summed E-state index contributed by atoms with van der Waals surface area (Å²) >= 11 is 1.60. The number of benzene rings is 1. The van der Waals surface area contributed by atoms with Crippen LogP contribution in [0.2, 0.25) is 0 Å². The van der Waals surface area contributed by atoms with Gasteiger partial charge in [0.2, 0.25) is 15.9 Å². The Morgan fingerprint density at radius 1 is 1.17 bits per heavy atom. The largest absolute Gasteiger partial charge is 0.325 e. The van der Waals surface area contributed by atoms with Gasteiger partial charge in [-0.3, -0.25) is 4.79 Å². The maximum absolute atomic E-state index is 12.9. The van der Waals surface area contributed by atoms with E-state index in [2.05, 4.69) is 5.32 Å². The highest BCUT2D eigenvalue weighted by atomic mass is 32.2. The van der Waals surface area contributed by atoms with E-state index in [0.717, 1.165) is 30.6 Å². The van der Waals surface area contributed by atoms with E-state index >= 15 is 0 Å². The molecule has 3 rings (SSSR count). The molecule has 0 aliphatic carbocycles. The summed E-state index contributed by atoms with van der Waals surface area (Å²) in [5, 5.41) is 3.02. The normalized spacial score (nSPS) is 23.5. The molecule has 1 amide bonds. The second kappa shape index (κ2) is 6.83. The van der Waals surface area contributed by atoms with E-state index in [4.69, 9.17) is 0 Å². The van der Waals surface area contributed by atoms with Crippen molar-refractivity contribution < 1.29 is 13.2 Å². The molecule has 7 heteroatoms. The Hall–Kier alpha value is -1.05. The van der Waals surface area contributed by atoms with Crippen molar-refractivity contribution in [3.05, 3.63) is 18.2 Å². The van der Waals surface area contributed by atoms with E-state index < -0.39 is 10.0 Å². The van der Waals surface area contributed by atoms with Crippen LogP contribution < -0.4 is 5.32 Å². The van der Waals surface area contributed by atoms with Crippen molar-refractivity contribution in [3.8, 4) is 0 Å². The topological polar surface area (TPSA) is 66.5 Å². The number of thioether (sulfide) groups is 1. The zero-order valence-corrected chi connectivity index (χ0v) is 14.9. The van der Waals surface area contributed by atoms with Gasteiger partial charge in [0.15, 0.2) is 0 Å². The van der Waals surface area contributed by atoms with Crippen LogP contribution >= 0.6 is 11.8 Å². The molecule has 2 aliphatic heterocycles. The predicted octanol–water partition coefficient (Wildman–Crippen LogP) is 3.07. The Bertz CT molecular complexity index is 695. The highest BCUT2D eigenvalue weighted by Crippen LogP contribution is 2.36. The second-order valence-corrected chi connectivity index (χ2v) is 9.58. The van der Waals surface area contributed by atoms with Gasteiger partial charge in [-0.15, -0.1) is 11.8 Å². The number of carbonyl (C=O) groups excluding carboxylic acids is 1. The highest BCUT2D eigenvalue weighted by molar-refractivity contribution is 8.00. The second-order valence-electron chi connectivity index (χ2n) is 6.16. The number of nitrogens with zero attached hydrogens (tertiary/aromatic N) is 1. The monoisotopic (exact) mass is 354 g/mol. The van der Waals surface area contributed by atoms with Gasteiger partial charge in [-0.1, -0.05) is 19.8 Å². The van der Waals surface area contributed by atoms with Crippen LogP contribution in [0.1, 0.15) is 39.0 Å². The Morgan fingerprint density at radius 2 is 1.87 bits per heavy atom. The summed E-state index contributed by atoms with van der Waals surface area (Å²) in [7, 11) is -3.49. The lowest BCUT2D eigenvalue weighted by molar-refractivity contribution is -0.116. The average molecular weight is 354 g/mol. The molecule has 2 heterocycles. The van der Waals surface area contributed by atoms with E-state index in [1.54, 1.807) is 28.2 Å². The lowest BCUT2D eigenvalue weighted by Crippen LogP contribution is -2.32. The number of anilines is 1. The molecule has 1 fully saturated rings. The summed E-state index contributed by atoms with van der Waals surface area (Å²) in [5.74, 6) is -0.0620. The van der Waals surface area contributed by atoms with E-state index in [0.29, 0.717) is 25.2 Å². The molecule has 0 bridgehead atoms. The maximum Gasteiger partial charge on any atom is 0.243 e. The Balaban J connectivity index is 1.92. The van der Waals surface area contributed by atoms with Gasteiger partial charge >= 0.3 is 0 Å². The first kappa shape index (κ1) is 16.8. The number of hydrogen-bond acceptors (Lipinski definition) is 4. The smallest absolute Gasteiger partial charge is 0.243 e. The van der Waals surface area contributed by atoms with Crippen molar-refractivity contribution in [1.82, 2.24) is 4.31 Å². The van der Waals surface area contributed by atoms with Gasteiger partial charge in [0, 0.05) is 29.7 Å². The number of fused-ring (bicyclic) bond motifs is 1. The molecule has 1 saturated heterocycles. The van der Waals surface area contributed by atoms with Gasteiger partial charge in [-0.2, -0.15) is 4.31 Å². The molecule has 5 nitrogen and oxygen atoms in total. The third-order valence-electron chi connectivity index (χ3n) is 4.23. The Morgan fingerprint density at radius 3 is 2.57 bits per heavy atom. The fourth-order valence-electron chi connectivity index (χ4n) is 3.02. The van der Waals surface area contributed by atoms with Crippen molar-refractivity contribution in [1.29, 1.82) is 0 Å². The van der Waals surface area contributed by atoms with Crippen LogP contribution in [0.4, 0.5) is 5.69 Å². The van der Waals surface area contributed by atoms with Crippen LogP contribution in [-0.2, 0) is 14.8 Å². The first-order valence-corrected chi connectivity index (χ1v) is 10.4. The molecule has 1 aromatic carbocycles. The van der Waals surface area contributed by atoms with Gasteiger partial charge in [-0.25, -0.2) is 8.42 Å². The third kappa shape index (κ3) is 3.72. The molecule has 1 unspecified atom stereocenters. The van der Waals surface area contributed by atoms with Crippen LogP contribution in [0.15, 0.2) is 28.0 Å². The van der Waals surface area contributed by atoms with Crippen molar-refractivity contribution in [2.45, 2.75) is 54.1 Å². The number of hydrogen-bond donors (Lipinski definition) is 1. The summed E-state index contributed by atoms with van der Waals surface area (Å²) in [4.78, 5) is 13.1. The Labute approximate surface area is 141 Å². The molecule has 0 radical (unpaired) electrons. The molecular weight excluding hydrogens is 332 g/mol. The summed E-state index contributed by atoms with van der Waals surface area (Å²) in [6.07, 6.45) is 4.43. The SMILES string of the molecule is CC1CC(=O)Nc2cc(S(=O)(=O)N3CCCCCC3)ccc2S1. The molecule has 126 valence electrons. The minimum absolute atomic E-state index is 0.0620. The fourth-order valence-corrected chi connectivity index (χ4v) is 5.62. The van der Waals surface area contributed by atoms with Crippen molar-refractivity contribution in [2.24, 2.45) is 0 Å². The summed E-state index contributed by atoms with van der Waals surface area (Å²) in [6.45, 7) is 3.16. The van der Waals surface area contributed by atoms with Crippen LogP contribution in [-0.4, -0.2) is 37.0 Å². The number of rotatable bonds is 2. The van der Waals surface area contributed by atoms with Crippen molar-refractivity contribution >= 4 is 33.4 Å². The van der Waals surface area contributed by atoms with E-state index in [9.17, 15) is 13.2 Å². The van der Waals surface area contributed by atoms with Crippen molar-refractivity contribution in [3.63, 3.8) is 0 Å². The van der Waals surface area contributed by atoms with Crippen LogP contribution in [0.3, 0.4) is 0 Å². The van der Waals surface area contributed by atoms with Crippen LogP contribution in [0.5, 0.6) is 0 Å². The molecule has 1 aromatic rings. The van der Waals surface area contributed by atoms with E-state index in [-0.39, 0.29) is 16.1 Å². The van der Waals surface area contributed by atoms with Gasteiger partial charge in [-0.05, 0) is 31.0 Å². The minimum atomic E-state index is -3.49. The molecule has 2 aliphatic rings. The van der Waals surface area contributed by atoms with Gasteiger partial charge in [0.1, 0.15) is 0 Å². The molecular formula is C16H22N2O3S2. The molecule has 1 atom stereocenters. The average Bonchev–Trinajstić information content (AvgIpc) is 2.84. The third-order valence-corrected chi connectivity index (χ3v) is 7.30. The fraction of sp³-hybridized carbons (Fsp3) is 0.562. The number of nitrogens with one attached hydrogen (secondary N) is 1. The summed E-state index contributed by atoms with van der Waals surface area (Å²) < 4.78 is 27.3. The summed E-state index contributed by atoms with van der Waals surface area (Å²) in [6, 6.07) is 5.08. The number of amides is 1. The number of carbonyl (C=O) groups is 1. The van der Waals surface area contributed by atoms with E-state index in [1.165, 1.54) is 0 Å². The maximum atomic E-state index is 12.9. The van der Waals surface area contributed by atoms with Crippen LogP contribution in [0, 0.1) is 0 Å². The van der Waals surface area contributed by atoms with Gasteiger partial charge in [0.25, 0.3) is 0 Å². The molecule has 23 heavy (non-hydrogen) atoms. The van der Waals surface area contributed by atoms with Gasteiger partial charge < -0.3 is 5.32 Å². The van der Waals surface area contributed by atoms with Crippen LogP contribution in [0.25, 0.3) is 0 Å².